The van der Waals surface area contributed by atoms with Crippen molar-refractivity contribution in [3.05, 3.63) is 34.0 Å². The Labute approximate surface area is 88.5 Å². The Kier molecular flexibility index (Phi) is 2.94. The zero-order valence-corrected chi connectivity index (χ0v) is 8.56. The van der Waals surface area contributed by atoms with E-state index in [4.69, 9.17) is 0 Å². The molecule has 0 aromatic carbocycles. The van der Waals surface area contributed by atoms with Crippen LogP contribution in [0, 0.1) is 10.1 Å². The maximum Gasteiger partial charge on any atom is 0.363 e. The van der Waals surface area contributed by atoms with Gasteiger partial charge < -0.3 is 10.1 Å². The normalized spacial score (nSPS) is 17.6. The first kappa shape index (κ1) is 10.1. The molecule has 0 spiro atoms. The molecule has 15 heavy (non-hydrogen) atoms. The third kappa shape index (κ3) is 2.32. The summed E-state index contributed by atoms with van der Waals surface area (Å²) in [5, 5.41) is 10.4. The Morgan fingerprint density at radius 2 is 2.00 bits per heavy atom. The summed E-state index contributed by atoms with van der Waals surface area (Å²) >= 11 is 0. The molecule has 0 radical (unpaired) electrons. The molecule has 1 saturated carbocycles. The van der Waals surface area contributed by atoms with Crippen molar-refractivity contribution >= 4 is 5.82 Å². The van der Waals surface area contributed by atoms with Crippen LogP contribution in [0.2, 0.25) is 0 Å². The topological polar surface area (TPSA) is 56.0 Å². The van der Waals surface area contributed by atoms with Gasteiger partial charge in [-0.1, -0.05) is 19.3 Å². The molecule has 1 heterocycles. The molecule has 0 amide bonds. The van der Waals surface area contributed by atoms with Gasteiger partial charge in [0.25, 0.3) is 0 Å². The second kappa shape index (κ2) is 4.38. The van der Waals surface area contributed by atoms with Crippen LogP contribution in [0.5, 0.6) is 0 Å². The highest BCUT2D eigenvalue weighted by Crippen LogP contribution is 2.32. The van der Waals surface area contributed by atoms with Gasteiger partial charge in [0, 0.05) is 6.07 Å². The van der Waals surface area contributed by atoms with Crippen molar-refractivity contribution in [1.82, 2.24) is 4.98 Å². The number of hydrogen-bond donors (Lipinski definition) is 0. The molecule has 4 heteroatoms. The van der Waals surface area contributed by atoms with Crippen LogP contribution in [0.3, 0.4) is 0 Å². The maximum absolute atomic E-state index is 10.4. The minimum atomic E-state index is -0.454. The molecule has 0 aliphatic heterocycles. The Morgan fingerprint density at radius 1 is 1.27 bits per heavy atom. The van der Waals surface area contributed by atoms with Crippen LogP contribution in [0.25, 0.3) is 0 Å². The van der Waals surface area contributed by atoms with E-state index in [1.807, 2.05) is 6.07 Å². The predicted octanol–water partition coefficient (Wildman–Crippen LogP) is 3.04. The van der Waals surface area contributed by atoms with Gasteiger partial charge in [0.05, 0.1) is 0 Å². The Morgan fingerprint density at radius 3 is 2.53 bits per heavy atom. The molecule has 0 unspecified atom stereocenters. The molecule has 1 aliphatic carbocycles. The van der Waals surface area contributed by atoms with Crippen molar-refractivity contribution in [2.45, 2.75) is 38.0 Å². The van der Waals surface area contributed by atoms with Gasteiger partial charge in [-0.15, -0.1) is 0 Å². The molecule has 1 aromatic heterocycles. The van der Waals surface area contributed by atoms with E-state index in [0.717, 1.165) is 5.56 Å². The van der Waals surface area contributed by atoms with Gasteiger partial charge in [0.15, 0.2) is 0 Å². The van der Waals surface area contributed by atoms with Crippen molar-refractivity contribution in [2.75, 3.05) is 0 Å². The van der Waals surface area contributed by atoms with Crippen molar-refractivity contribution < 1.29 is 4.92 Å². The largest absolute Gasteiger partial charge is 0.363 e. The smallest absolute Gasteiger partial charge is 0.358 e. The van der Waals surface area contributed by atoms with E-state index in [2.05, 4.69) is 4.98 Å². The summed E-state index contributed by atoms with van der Waals surface area (Å²) in [6.45, 7) is 0. The van der Waals surface area contributed by atoms with E-state index >= 15 is 0 Å². The van der Waals surface area contributed by atoms with Gasteiger partial charge in [-0.25, -0.2) is 0 Å². The minimum absolute atomic E-state index is 0.0606. The van der Waals surface area contributed by atoms with Crippen LogP contribution in [0.15, 0.2) is 18.3 Å². The second-order valence-electron chi connectivity index (χ2n) is 4.04. The zero-order chi connectivity index (χ0) is 10.7. The summed E-state index contributed by atoms with van der Waals surface area (Å²) in [5.41, 5.74) is 1.15. The molecule has 80 valence electrons. The van der Waals surface area contributed by atoms with E-state index in [1.165, 1.54) is 38.2 Å². The first-order valence-corrected chi connectivity index (χ1v) is 5.38. The summed E-state index contributed by atoms with van der Waals surface area (Å²) in [6.07, 6.45) is 7.90. The molecule has 0 saturated heterocycles. The van der Waals surface area contributed by atoms with Gasteiger partial charge >= 0.3 is 5.82 Å². The SMILES string of the molecule is O=[N+]([O-])c1ccc(C2CCCCC2)cn1. The number of rotatable bonds is 2. The highest BCUT2D eigenvalue weighted by atomic mass is 16.6. The molecule has 0 N–H and O–H groups in total. The number of pyridine rings is 1. The lowest BCUT2D eigenvalue weighted by Crippen LogP contribution is -2.05. The van der Waals surface area contributed by atoms with Crippen molar-refractivity contribution in [1.29, 1.82) is 0 Å². The average Bonchev–Trinajstić information content (AvgIpc) is 2.30. The van der Waals surface area contributed by atoms with Gasteiger partial charge in [-0.05, 0) is 40.3 Å². The quantitative estimate of drug-likeness (QED) is 0.552. The fourth-order valence-electron chi connectivity index (χ4n) is 2.18. The summed E-state index contributed by atoms with van der Waals surface area (Å²) < 4.78 is 0. The molecule has 1 aliphatic rings. The number of hydrogen-bond acceptors (Lipinski definition) is 3. The molecule has 0 atom stereocenters. The maximum atomic E-state index is 10.4. The van der Waals surface area contributed by atoms with Crippen LogP contribution < -0.4 is 0 Å². The number of nitro groups is 1. The number of aromatic nitrogens is 1. The van der Waals surface area contributed by atoms with Crippen molar-refractivity contribution in [3.8, 4) is 0 Å². The zero-order valence-electron chi connectivity index (χ0n) is 8.56. The lowest BCUT2D eigenvalue weighted by molar-refractivity contribution is -0.389. The lowest BCUT2D eigenvalue weighted by atomic mass is 9.85. The van der Waals surface area contributed by atoms with Crippen LogP contribution in [0.4, 0.5) is 5.82 Å². The Hall–Kier alpha value is -1.45. The number of nitrogens with zero attached hydrogens (tertiary/aromatic N) is 2. The standard InChI is InChI=1S/C11H14N2O2/c14-13(15)11-7-6-10(8-12-11)9-4-2-1-3-5-9/h6-9H,1-5H2. The Balaban J connectivity index is 2.11. The minimum Gasteiger partial charge on any atom is -0.358 e. The summed E-state index contributed by atoms with van der Waals surface area (Å²) in [4.78, 5) is 13.8. The van der Waals surface area contributed by atoms with Gasteiger partial charge in [-0.2, -0.15) is 0 Å². The van der Waals surface area contributed by atoms with Crippen LogP contribution in [-0.4, -0.2) is 9.91 Å². The van der Waals surface area contributed by atoms with E-state index in [9.17, 15) is 10.1 Å². The molecule has 1 aromatic rings. The first-order chi connectivity index (χ1) is 7.27. The van der Waals surface area contributed by atoms with Crippen LogP contribution in [0.1, 0.15) is 43.6 Å². The fourth-order valence-corrected chi connectivity index (χ4v) is 2.18. The second-order valence-corrected chi connectivity index (χ2v) is 4.04. The molecular weight excluding hydrogens is 192 g/mol. The lowest BCUT2D eigenvalue weighted by Gasteiger charge is -2.20. The summed E-state index contributed by atoms with van der Waals surface area (Å²) in [6, 6.07) is 3.35. The van der Waals surface area contributed by atoms with E-state index < -0.39 is 4.92 Å². The third-order valence-corrected chi connectivity index (χ3v) is 3.03. The van der Waals surface area contributed by atoms with Gasteiger partial charge in [0.2, 0.25) is 0 Å². The summed E-state index contributed by atoms with van der Waals surface area (Å²) in [5.74, 6) is 0.501. The van der Waals surface area contributed by atoms with Crippen LogP contribution >= 0.6 is 0 Å². The highest BCUT2D eigenvalue weighted by Gasteiger charge is 2.17. The highest BCUT2D eigenvalue weighted by molar-refractivity contribution is 5.25. The molecule has 4 nitrogen and oxygen atoms in total. The molecular formula is C11H14N2O2. The fraction of sp³-hybridized carbons (Fsp3) is 0.545. The first-order valence-electron chi connectivity index (χ1n) is 5.38. The monoisotopic (exact) mass is 206 g/mol. The molecule has 2 rings (SSSR count). The van der Waals surface area contributed by atoms with E-state index in [-0.39, 0.29) is 5.82 Å². The average molecular weight is 206 g/mol. The van der Waals surface area contributed by atoms with E-state index in [1.54, 1.807) is 6.20 Å². The Bertz CT molecular complexity index is 342. The summed E-state index contributed by atoms with van der Waals surface area (Å²) in [7, 11) is 0. The predicted molar refractivity (Wildman–Crippen MR) is 56.7 cm³/mol. The van der Waals surface area contributed by atoms with E-state index in [0.29, 0.717) is 5.92 Å². The van der Waals surface area contributed by atoms with Gasteiger partial charge in [0.1, 0.15) is 6.20 Å². The third-order valence-electron chi connectivity index (χ3n) is 3.03. The molecule has 0 bridgehead atoms. The van der Waals surface area contributed by atoms with Crippen LogP contribution in [-0.2, 0) is 0 Å². The van der Waals surface area contributed by atoms with Gasteiger partial charge in [-0.3, -0.25) is 0 Å². The van der Waals surface area contributed by atoms with Crippen molar-refractivity contribution in [2.24, 2.45) is 0 Å². The van der Waals surface area contributed by atoms with Crippen molar-refractivity contribution in [3.63, 3.8) is 0 Å². The molecule has 1 fully saturated rings.